The summed E-state index contributed by atoms with van der Waals surface area (Å²) in [5, 5.41) is 16.5. The fourth-order valence-electron chi connectivity index (χ4n) is 3.52. The third kappa shape index (κ3) is 5.71. The number of hydrogen-bond acceptors (Lipinski definition) is 6. The third-order valence-corrected chi connectivity index (χ3v) is 6.72. The van der Waals surface area contributed by atoms with Gasteiger partial charge < -0.3 is 4.74 Å². The van der Waals surface area contributed by atoms with Gasteiger partial charge in [0, 0.05) is 26.5 Å². The van der Waals surface area contributed by atoms with Crippen molar-refractivity contribution < 1.29 is 9.66 Å². The molecule has 0 aliphatic heterocycles. The van der Waals surface area contributed by atoms with Crippen LogP contribution in [0.2, 0.25) is 0 Å². The van der Waals surface area contributed by atoms with Crippen molar-refractivity contribution in [3.05, 3.63) is 107 Å². The summed E-state index contributed by atoms with van der Waals surface area (Å²) in [6.07, 6.45) is 2.18. The van der Waals surface area contributed by atoms with Crippen LogP contribution in [0.15, 0.2) is 79.5 Å². The largest absolute Gasteiger partial charge is 0.482 e. The van der Waals surface area contributed by atoms with E-state index in [4.69, 9.17) is 4.74 Å². The van der Waals surface area contributed by atoms with Gasteiger partial charge in [0.25, 0.3) is 5.56 Å². The molecule has 0 saturated carbocycles. The van der Waals surface area contributed by atoms with Crippen molar-refractivity contribution in [2.45, 2.75) is 32.8 Å². The lowest BCUT2D eigenvalue weighted by Gasteiger charge is -2.14. The first-order chi connectivity index (χ1) is 17.3. The van der Waals surface area contributed by atoms with Gasteiger partial charge in [0.1, 0.15) is 12.4 Å². The number of fused-ring (bicyclic) bond motifs is 1. The summed E-state index contributed by atoms with van der Waals surface area (Å²) in [5.74, 6) is 0.652. The normalized spacial score (nSPS) is 12.2. The van der Waals surface area contributed by atoms with E-state index in [0.29, 0.717) is 22.3 Å². The summed E-state index contributed by atoms with van der Waals surface area (Å²) in [4.78, 5) is 29.2. The van der Waals surface area contributed by atoms with Crippen molar-refractivity contribution in [1.29, 1.82) is 0 Å². The zero-order valence-corrected chi connectivity index (χ0v) is 22.7. The molecule has 0 radical (unpaired) electrons. The Morgan fingerprint density at radius 3 is 2.53 bits per heavy atom. The summed E-state index contributed by atoms with van der Waals surface area (Å²) in [7, 11) is 0. The summed E-state index contributed by atoms with van der Waals surface area (Å²) in [6, 6.07) is 17.4. The van der Waals surface area contributed by atoms with Gasteiger partial charge in [0.2, 0.25) is 0 Å². The van der Waals surface area contributed by atoms with Gasteiger partial charge >= 0.3 is 5.69 Å². The number of rotatable bonds is 8. The minimum absolute atomic E-state index is 0.0216. The number of benzene rings is 3. The topological polar surface area (TPSA) is 99.6 Å². The zero-order chi connectivity index (χ0) is 25.8. The molecule has 0 aliphatic rings. The molecule has 0 aliphatic carbocycles. The highest BCUT2D eigenvalue weighted by Crippen LogP contribution is 2.29. The van der Waals surface area contributed by atoms with E-state index in [2.05, 4.69) is 41.9 Å². The number of nitro benzene ring substituents is 1. The Morgan fingerprint density at radius 2 is 1.83 bits per heavy atom. The molecule has 36 heavy (non-hydrogen) atoms. The predicted molar refractivity (Wildman–Crippen MR) is 147 cm³/mol. The second kappa shape index (κ2) is 11.1. The van der Waals surface area contributed by atoms with Crippen LogP contribution in [0.25, 0.3) is 10.9 Å². The molecule has 1 atom stereocenters. The first-order valence-corrected chi connectivity index (χ1v) is 12.8. The standard InChI is InChI=1S/C26H22Br2N4O4/c1-3-16(2)25-30-22-10-9-20(28)13-21(22)26(33)31(25)29-14-18-6-11-24(23(12-18)32(34)35)36-15-17-4-7-19(27)8-5-17/h4-14,16H,3,15H2,1-2H3/t16-/m0/s1. The molecule has 4 rings (SSSR count). The van der Waals surface area contributed by atoms with Gasteiger partial charge in [-0.3, -0.25) is 14.9 Å². The first-order valence-electron chi connectivity index (χ1n) is 11.2. The van der Waals surface area contributed by atoms with Crippen LogP contribution >= 0.6 is 31.9 Å². The Hall–Kier alpha value is -3.37. The lowest BCUT2D eigenvalue weighted by atomic mass is 10.1. The molecule has 0 amide bonds. The molecule has 0 N–H and O–H groups in total. The van der Waals surface area contributed by atoms with E-state index >= 15 is 0 Å². The number of halogens is 2. The van der Waals surface area contributed by atoms with E-state index in [0.717, 1.165) is 20.9 Å². The van der Waals surface area contributed by atoms with Crippen molar-refractivity contribution in [1.82, 2.24) is 9.66 Å². The smallest absolute Gasteiger partial charge is 0.311 e. The van der Waals surface area contributed by atoms with Crippen molar-refractivity contribution in [2.24, 2.45) is 5.10 Å². The molecule has 4 aromatic rings. The molecule has 8 nitrogen and oxygen atoms in total. The summed E-state index contributed by atoms with van der Waals surface area (Å²) in [5.41, 5.74) is 1.43. The highest BCUT2D eigenvalue weighted by molar-refractivity contribution is 9.10. The third-order valence-electron chi connectivity index (χ3n) is 5.70. The average Bonchev–Trinajstić information content (AvgIpc) is 2.87. The number of hydrogen-bond donors (Lipinski definition) is 0. The molecule has 0 spiro atoms. The summed E-state index contributed by atoms with van der Waals surface area (Å²) < 4.78 is 8.68. The molecule has 0 saturated heterocycles. The van der Waals surface area contributed by atoms with E-state index < -0.39 is 4.92 Å². The van der Waals surface area contributed by atoms with Gasteiger partial charge in [-0.15, -0.1) is 0 Å². The maximum Gasteiger partial charge on any atom is 0.311 e. The molecule has 3 aromatic carbocycles. The fraction of sp³-hybridized carbons (Fsp3) is 0.192. The van der Waals surface area contributed by atoms with Crippen LogP contribution in [-0.2, 0) is 6.61 Å². The Bertz CT molecular complexity index is 1520. The molecular formula is C26H22Br2N4O4. The maximum absolute atomic E-state index is 13.3. The Kier molecular flexibility index (Phi) is 7.95. The summed E-state index contributed by atoms with van der Waals surface area (Å²) >= 11 is 6.77. The Morgan fingerprint density at radius 1 is 1.11 bits per heavy atom. The molecule has 1 aromatic heterocycles. The lowest BCUT2D eigenvalue weighted by Crippen LogP contribution is -2.23. The van der Waals surface area contributed by atoms with E-state index in [-0.39, 0.29) is 29.5 Å². The fourth-order valence-corrected chi connectivity index (χ4v) is 4.15. The Balaban J connectivity index is 1.68. The minimum atomic E-state index is -0.500. The minimum Gasteiger partial charge on any atom is -0.482 e. The Labute approximate surface area is 224 Å². The summed E-state index contributed by atoms with van der Waals surface area (Å²) in [6.45, 7) is 4.17. The van der Waals surface area contributed by atoms with Crippen molar-refractivity contribution in [3.8, 4) is 5.75 Å². The number of nitrogens with zero attached hydrogens (tertiary/aromatic N) is 4. The number of ether oxygens (including phenoxy) is 1. The molecular weight excluding hydrogens is 592 g/mol. The van der Waals surface area contributed by atoms with Crippen LogP contribution in [0.5, 0.6) is 5.75 Å². The van der Waals surface area contributed by atoms with E-state index in [1.807, 2.05) is 44.2 Å². The lowest BCUT2D eigenvalue weighted by molar-refractivity contribution is -0.385. The van der Waals surface area contributed by atoms with Gasteiger partial charge in [-0.1, -0.05) is 57.8 Å². The van der Waals surface area contributed by atoms with E-state index in [1.165, 1.54) is 23.0 Å². The van der Waals surface area contributed by atoms with Gasteiger partial charge in [-0.05, 0) is 54.4 Å². The molecule has 184 valence electrons. The molecule has 0 unspecified atom stereocenters. The maximum atomic E-state index is 13.3. The quantitative estimate of drug-likeness (QED) is 0.124. The van der Waals surface area contributed by atoms with Gasteiger partial charge in [0.15, 0.2) is 5.75 Å². The second-order valence-corrected chi connectivity index (χ2v) is 10.0. The van der Waals surface area contributed by atoms with Crippen LogP contribution < -0.4 is 10.3 Å². The second-order valence-electron chi connectivity index (χ2n) is 8.20. The van der Waals surface area contributed by atoms with E-state index in [9.17, 15) is 14.9 Å². The van der Waals surface area contributed by atoms with Gasteiger partial charge in [-0.2, -0.15) is 9.78 Å². The first kappa shape index (κ1) is 25.7. The van der Waals surface area contributed by atoms with Gasteiger partial charge in [0.05, 0.1) is 22.0 Å². The SMILES string of the molecule is CC[C@H](C)c1nc2ccc(Br)cc2c(=O)n1N=Cc1ccc(OCc2ccc(Br)cc2)c([N+](=O)[O-])c1. The molecule has 0 fully saturated rings. The molecule has 10 heteroatoms. The van der Waals surface area contributed by atoms with Crippen molar-refractivity contribution >= 4 is 54.7 Å². The van der Waals surface area contributed by atoms with Gasteiger partial charge in [-0.25, -0.2) is 4.98 Å². The molecule has 1 heterocycles. The van der Waals surface area contributed by atoms with E-state index in [1.54, 1.807) is 18.2 Å². The van der Waals surface area contributed by atoms with Crippen LogP contribution in [0.1, 0.15) is 43.1 Å². The zero-order valence-electron chi connectivity index (χ0n) is 19.5. The number of nitro groups is 1. The number of aromatic nitrogens is 2. The van der Waals surface area contributed by atoms with Crippen LogP contribution in [0.4, 0.5) is 5.69 Å². The van der Waals surface area contributed by atoms with Crippen LogP contribution in [-0.4, -0.2) is 20.8 Å². The molecule has 0 bridgehead atoms. The predicted octanol–water partition coefficient (Wildman–Crippen LogP) is 6.80. The van der Waals surface area contributed by atoms with Crippen LogP contribution in [0, 0.1) is 10.1 Å². The highest BCUT2D eigenvalue weighted by Gasteiger charge is 2.18. The van der Waals surface area contributed by atoms with Crippen LogP contribution in [0.3, 0.4) is 0 Å². The average molecular weight is 614 g/mol. The van der Waals surface area contributed by atoms with Crippen molar-refractivity contribution in [2.75, 3.05) is 0 Å². The van der Waals surface area contributed by atoms with Crippen molar-refractivity contribution in [3.63, 3.8) is 0 Å². The highest BCUT2D eigenvalue weighted by atomic mass is 79.9. The monoisotopic (exact) mass is 612 g/mol.